The average Bonchev–Trinajstić information content (AvgIpc) is 3.00. The fourth-order valence-electron chi connectivity index (χ4n) is 4.55. The molecule has 0 saturated carbocycles. The van der Waals surface area contributed by atoms with E-state index in [4.69, 9.17) is 22.2 Å². The Morgan fingerprint density at radius 3 is 2.47 bits per heavy atom. The zero-order chi connectivity index (χ0) is 26.6. The van der Waals surface area contributed by atoms with Crippen molar-refractivity contribution < 1.29 is 27.8 Å². The van der Waals surface area contributed by atoms with E-state index in [0.29, 0.717) is 18.0 Å². The number of rotatable bonds is 4. The topological polar surface area (TPSA) is 80.0 Å². The highest BCUT2D eigenvalue weighted by molar-refractivity contribution is 7.81. The largest absolute Gasteiger partial charge is 0.484 e. The second-order valence-electron chi connectivity index (χ2n) is 9.48. The Balaban J connectivity index is 1.78. The third-order valence-corrected chi connectivity index (χ3v) is 6.75. The smallest absolute Gasteiger partial charge is 0.417 e. The van der Waals surface area contributed by atoms with Gasteiger partial charge in [-0.05, 0) is 76.3 Å². The lowest BCUT2D eigenvalue weighted by atomic mass is 10.0. The quantitative estimate of drug-likeness (QED) is 0.599. The third kappa shape index (κ3) is 4.14. The van der Waals surface area contributed by atoms with Gasteiger partial charge in [0.15, 0.2) is 5.11 Å². The Morgan fingerprint density at radius 2 is 1.89 bits per heavy atom. The van der Waals surface area contributed by atoms with Crippen molar-refractivity contribution in [3.05, 3.63) is 47.5 Å². The van der Waals surface area contributed by atoms with Crippen LogP contribution in [0.4, 0.5) is 30.2 Å². The summed E-state index contributed by atoms with van der Waals surface area (Å²) in [5.41, 5.74) is -1.61. The van der Waals surface area contributed by atoms with Crippen LogP contribution in [0.15, 0.2) is 36.4 Å². The maximum Gasteiger partial charge on any atom is 0.417 e. The highest BCUT2D eigenvalue weighted by Crippen LogP contribution is 2.43. The van der Waals surface area contributed by atoms with Crippen LogP contribution in [0.3, 0.4) is 0 Å². The van der Waals surface area contributed by atoms with E-state index in [1.165, 1.54) is 6.07 Å². The van der Waals surface area contributed by atoms with Gasteiger partial charge in [-0.15, -0.1) is 0 Å². The summed E-state index contributed by atoms with van der Waals surface area (Å²) in [7, 11) is 0. The van der Waals surface area contributed by atoms with Crippen molar-refractivity contribution in [3.63, 3.8) is 0 Å². The first-order chi connectivity index (χ1) is 16.8. The van der Waals surface area contributed by atoms with E-state index in [0.717, 1.165) is 22.7 Å². The predicted molar refractivity (Wildman–Crippen MR) is 133 cm³/mol. The minimum absolute atomic E-state index is 0.0174. The van der Waals surface area contributed by atoms with Crippen LogP contribution in [0, 0.1) is 11.3 Å². The molecule has 1 atom stereocenters. The first kappa shape index (κ1) is 25.7. The molecule has 7 nitrogen and oxygen atoms in total. The molecule has 36 heavy (non-hydrogen) atoms. The van der Waals surface area contributed by atoms with Crippen molar-refractivity contribution in [2.45, 2.75) is 51.6 Å². The van der Waals surface area contributed by atoms with Crippen LogP contribution in [-0.4, -0.2) is 47.0 Å². The van der Waals surface area contributed by atoms with Gasteiger partial charge in [0, 0.05) is 11.7 Å². The van der Waals surface area contributed by atoms with Crippen LogP contribution < -0.4 is 19.4 Å². The SMILES string of the molecule is CC(C)N1CC(CO)Oc2ccc(N3C(=S)N(c4ccc(C#N)c(C(F)(F)F)c4)C(=O)C3(C)C)cc21. The van der Waals surface area contributed by atoms with E-state index in [9.17, 15) is 23.1 Å². The number of nitrogens with zero attached hydrogens (tertiary/aromatic N) is 4. The van der Waals surface area contributed by atoms with Gasteiger partial charge in [0.2, 0.25) is 0 Å². The lowest BCUT2D eigenvalue weighted by molar-refractivity contribution is -0.137. The second-order valence-corrected chi connectivity index (χ2v) is 9.84. The minimum Gasteiger partial charge on any atom is -0.484 e. The standard InChI is InChI=1S/C25H25F3N4O3S/c1-14(2)30-12-18(13-33)35-21-8-7-17(10-20(21)30)32-23(36)31(22(34)24(32,3)4)16-6-5-15(11-29)19(9-16)25(26,27)28/h5-10,14,18,33H,12-13H2,1-4H3. The van der Waals surface area contributed by atoms with Gasteiger partial charge < -0.3 is 19.6 Å². The van der Waals surface area contributed by atoms with Crippen molar-refractivity contribution in [1.29, 1.82) is 5.26 Å². The molecule has 190 valence electrons. The molecule has 1 saturated heterocycles. The van der Waals surface area contributed by atoms with Gasteiger partial charge in [0.05, 0.1) is 41.7 Å². The summed E-state index contributed by atoms with van der Waals surface area (Å²) in [5, 5.41) is 18.7. The number of aliphatic hydroxyl groups is 1. The molecule has 2 heterocycles. The molecule has 4 rings (SSSR count). The molecule has 0 bridgehead atoms. The van der Waals surface area contributed by atoms with Crippen molar-refractivity contribution >= 4 is 40.3 Å². The number of amides is 1. The number of ether oxygens (including phenoxy) is 1. The molecular formula is C25H25F3N4O3S. The first-order valence-corrected chi connectivity index (χ1v) is 11.7. The van der Waals surface area contributed by atoms with Gasteiger partial charge in [0.25, 0.3) is 5.91 Å². The fourth-order valence-corrected chi connectivity index (χ4v) is 5.07. The molecule has 11 heteroatoms. The number of carbonyl (C=O) groups is 1. The highest BCUT2D eigenvalue weighted by atomic mass is 32.1. The molecule has 2 aromatic carbocycles. The molecular weight excluding hydrogens is 493 g/mol. The van der Waals surface area contributed by atoms with Gasteiger partial charge >= 0.3 is 6.18 Å². The molecule has 0 spiro atoms. The van der Waals surface area contributed by atoms with E-state index in [1.807, 2.05) is 19.9 Å². The van der Waals surface area contributed by atoms with E-state index in [1.54, 1.807) is 36.9 Å². The number of anilines is 3. The van der Waals surface area contributed by atoms with Crippen LogP contribution in [0.5, 0.6) is 5.75 Å². The number of nitriles is 1. The molecule has 2 aliphatic rings. The predicted octanol–water partition coefficient (Wildman–Crippen LogP) is 4.46. The number of fused-ring (bicyclic) bond motifs is 1. The summed E-state index contributed by atoms with van der Waals surface area (Å²) in [6, 6.07) is 10.0. The van der Waals surface area contributed by atoms with E-state index in [2.05, 4.69) is 4.90 Å². The highest BCUT2D eigenvalue weighted by Gasteiger charge is 2.51. The lowest BCUT2D eigenvalue weighted by Gasteiger charge is -2.39. The van der Waals surface area contributed by atoms with Crippen molar-refractivity contribution in [2.75, 3.05) is 27.9 Å². The molecule has 1 fully saturated rings. The van der Waals surface area contributed by atoms with Gasteiger partial charge in [-0.2, -0.15) is 18.4 Å². The average molecular weight is 519 g/mol. The summed E-state index contributed by atoms with van der Waals surface area (Å²) in [5.74, 6) is 0.0751. The normalized spacial score (nSPS) is 19.4. The molecule has 0 aliphatic carbocycles. The monoisotopic (exact) mass is 518 g/mol. The number of aliphatic hydroxyl groups excluding tert-OH is 1. The van der Waals surface area contributed by atoms with Crippen LogP contribution in [0.2, 0.25) is 0 Å². The minimum atomic E-state index is -4.77. The Hall–Kier alpha value is -3.36. The number of carbonyl (C=O) groups excluding carboxylic acids is 1. The van der Waals surface area contributed by atoms with E-state index in [-0.39, 0.29) is 29.6 Å². The number of hydrogen-bond donors (Lipinski definition) is 1. The summed E-state index contributed by atoms with van der Waals surface area (Å²) in [6.45, 7) is 7.64. The zero-order valence-corrected chi connectivity index (χ0v) is 20.9. The van der Waals surface area contributed by atoms with Gasteiger partial charge in [-0.25, -0.2) is 0 Å². The second kappa shape index (κ2) is 8.94. The van der Waals surface area contributed by atoms with Gasteiger partial charge in [-0.1, -0.05) is 0 Å². The van der Waals surface area contributed by atoms with Crippen LogP contribution in [0.25, 0.3) is 0 Å². The number of halogens is 3. The molecule has 2 aromatic rings. The Bertz CT molecular complexity index is 1270. The summed E-state index contributed by atoms with van der Waals surface area (Å²) in [6.07, 6.45) is -5.15. The zero-order valence-electron chi connectivity index (χ0n) is 20.1. The fraction of sp³-hybridized carbons (Fsp3) is 0.400. The maximum atomic E-state index is 13.6. The van der Waals surface area contributed by atoms with Gasteiger partial charge in [0.1, 0.15) is 17.4 Å². The maximum absolute atomic E-state index is 13.6. The Labute approximate surface area is 212 Å². The number of alkyl halides is 3. The summed E-state index contributed by atoms with van der Waals surface area (Å²) < 4.78 is 46.6. The molecule has 0 radical (unpaired) electrons. The summed E-state index contributed by atoms with van der Waals surface area (Å²) in [4.78, 5) is 18.2. The van der Waals surface area contributed by atoms with Gasteiger partial charge in [-0.3, -0.25) is 9.69 Å². The Kier molecular flexibility index (Phi) is 6.39. The summed E-state index contributed by atoms with van der Waals surface area (Å²) >= 11 is 5.63. The third-order valence-electron chi connectivity index (χ3n) is 6.39. The number of hydrogen-bond acceptors (Lipinski definition) is 6. The molecule has 0 aromatic heterocycles. The molecule has 1 amide bonds. The lowest BCUT2D eigenvalue weighted by Crippen LogP contribution is -2.46. The van der Waals surface area contributed by atoms with Crippen molar-refractivity contribution in [3.8, 4) is 11.8 Å². The van der Waals surface area contributed by atoms with E-state index < -0.39 is 28.7 Å². The van der Waals surface area contributed by atoms with Crippen LogP contribution in [-0.2, 0) is 11.0 Å². The number of benzene rings is 2. The van der Waals surface area contributed by atoms with Crippen molar-refractivity contribution in [2.24, 2.45) is 0 Å². The van der Waals surface area contributed by atoms with Crippen LogP contribution in [0.1, 0.15) is 38.8 Å². The molecule has 2 aliphatic heterocycles. The Morgan fingerprint density at radius 1 is 1.22 bits per heavy atom. The molecule has 1 N–H and O–H groups in total. The molecule has 1 unspecified atom stereocenters. The number of thiocarbonyl (C=S) groups is 1. The van der Waals surface area contributed by atoms with Crippen molar-refractivity contribution in [1.82, 2.24) is 0 Å². The van der Waals surface area contributed by atoms with E-state index >= 15 is 0 Å². The van der Waals surface area contributed by atoms with Crippen LogP contribution >= 0.6 is 12.2 Å². The first-order valence-electron chi connectivity index (χ1n) is 11.3.